The number of allylic oxidation sites excluding steroid dienone is 4. The summed E-state index contributed by atoms with van der Waals surface area (Å²) < 4.78 is 15.3. The van der Waals surface area contributed by atoms with Gasteiger partial charge in [0.2, 0.25) is 5.95 Å². The Hall–Kier alpha value is -6.79. The predicted octanol–water partition coefficient (Wildman–Crippen LogP) is 11.7. The quantitative estimate of drug-likeness (QED) is 0.189. The van der Waals surface area contributed by atoms with Crippen LogP contribution in [-0.2, 0) is 0 Å². The zero-order valence-electron chi connectivity index (χ0n) is 27.3. The van der Waals surface area contributed by atoms with Gasteiger partial charge in [-0.25, -0.2) is 4.98 Å². The molecule has 0 bridgehead atoms. The van der Waals surface area contributed by atoms with Crippen molar-refractivity contribution < 1.29 is 8.83 Å². The van der Waals surface area contributed by atoms with Crippen molar-refractivity contribution in [2.75, 3.05) is 0 Å². The number of hydrogen-bond acceptors (Lipinski definition) is 5. The van der Waals surface area contributed by atoms with Crippen molar-refractivity contribution in [3.63, 3.8) is 0 Å². The van der Waals surface area contributed by atoms with Crippen LogP contribution < -0.4 is 0 Å². The Labute approximate surface area is 291 Å². The van der Waals surface area contributed by atoms with E-state index in [1.807, 2.05) is 24.3 Å². The molecule has 0 amide bonds. The summed E-state index contributed by atoms with van der Waals surface area (Å²) in [4.78, 5) is 15.6. The largest absolute Gasteiger partial charge is 0.456 e. The molecule has 1 aliphatic carbocycles. The summed E-state index contributed by atoms with van der Waals surface area (Å²) in [6, 6.07) is 43.9. The molecule has 6 aromatic carbocycles. The van der Waals surface area contributed by atoms with Gasteiger partial charge in [-0.1, -0.05) is 115 Å². The van der Waals surface area contributed by atoms with Crippen molar-refractivity contribution in [1.82, 2.24) is 19.5 Å². The van der Waals surface area contributed by atoms with Crippen LogP contribution in [0, 0.1) is 0 Å². The first-order chi connectivity index (χ1) is 25.3. The molecule has 11 rings (SSSR count). The van der Waals surface area contributed by atoms with Gasteiger partial charge in [0.05, 0.1) is 5.52 Å². The fourth-order valence-electron chi connectivity index (χ4n) is 7.81. The van der Waals surface area contributed by atoms with Crippen LogP contribution in [0.2, 0.25) is 0 Å². The molecule has 1 unspecified atom stereocenters. The zero-order valence-corrected chi connectivity index (χ0v) is 27.3. The molecular weight excluding hydrogens is 629 g/mol. The standard InChI is InChI=1S/C45H28N4O2/c1-3-12-27(13-4-1)30-18-11-21-38-40(30)35-23-22-29(26-39(35)50-38)44-46-43(28-14-5-2-6-15-28)47-45(48-44)49-36-19-9-7-16-31(36)33-24-25-34-32-17-8-10-20-37(32)51-42(34)41(33)49/h1-14,16-26,28H,15H2. The fraction of sp³-hybridized carbons (Fsp3) is 0.0444. The third kappa shape index (κ3) is 4.26. The van der Waals surface area contributed by atoms with Crippen molar-refractivity contribution in [3.05, 3.63) is 158 Å². The van der Waals surface area contributed by atoms with Crippen molar-refractivity contribution in [3.8, 4) is 28.5 Å². The lowest BCUT2D eigenvalue weighted by Crippen LogP contribution is -2.11. The van der Waals surface area contributed by atoms with Crippen LogP contribution in [0.5, 0.6) is 0 Å². The second-order valence-electron chi connectivity index (χ2n) is 13.1. The van der Waals surface area contributed by atoms with Gasteiger partial charge in [0.25, 0.3) is 0 Å². The van der Waals surface area contributed by atoms with Gasteiger partial charge in [0.15, 0.2) is 11.4 Å². The molecule has 0 saturated heterocycles. The number of nitrogens with zero attached hydrogens (tertiary/aromatic N) is 4. The number of hydrogen-bond donors (Lipinski definition) is 0. The molecule has 51 heavy (non-hydrogen) atoms. The van der Waals surface area contributed by atoms with E-state index in [-0.39, 0.29) is 5.92 Å². The first-order valence-electron chi connectivity index (χ1n) is 17.2. The van der Waals surface area contributed by atoms with Gasteiger partial charge in [-0.3, -0.25) is 4.57 Å². The lowest BCUT2D eigenvalue weighted by atomic mass is 9.99. The molecule has 0 fully saturated rings. The Balaban J connectivity index is 1.17. The lowest BCUT2D eigenvalue weighted by Gasteiger charge is -2.15. The molecule has 0 spiro atoms. The molecule has 10 aromatic rings. The highest BCUT2D eigenvalue weighted by Crippen LogP contribution is 2.41. The second-order valence-corrected chi connectivity index (χ2v) is 13.1. The number of furan rings is 2. The number of benzene rings is 6. The van der Waals surface area contributed by atoms with E-state index in [0.29, 0.717) is 11.8 Å². The number of rotatable bonds is 4. The van der Waals surface area contributed by atoms with Crippen LogP contribution in [0.3, 0.4) is 0 Å². The maximum atomic E-state index is 6.61. The van der Waals surface area contributed by atoms with E-state index >= 15 is 0 Å². The summed E-state index contributed by atoms with van der Waals surface area (Å²) in [5.74, 6) is 1.87. The van der Waals surface area contributed by atoms with Crippen LogP contribution >= 0.6 is 0 Å². The topological polar surface area (TPSA) is 69.9 Å². The molecule has 0 N–H and O–H groups in total. The number of para-hydroxylation sites is 2. The Bertz CT molecular complexity index is 3070. The third-order valence-electron chi connectivity index (χ3n) is 10.2. The van der Waals surface area contributed by atoms with Gasteiger partial charge >= 0.3 is 0 Å². The minimum Gasteiger partial charge on any atom is -0.456 e. The molecule has 6 heteroatoms. The van der Waals surface area contributed by atoms with E-state index in [9.17, 15) is 0 Å². The molecule has 1 aliphatic rings. The molecule has 240 valence electrons. The Morgan fingerprint density at radius 3 is 2.27 bits per heavy atom. The lowest BCUT2D eigenvalue weighted by molar-refractivity contribution is 0.669. The Kier molecular flexibility index (Phi) is 5.98. The summed E-state index contributed by atoms with van der Waals surface area (Å²) in [6.45, 7) is 0. The first-order valence-corrected chi connectivity index (χ1v) is 17.2. The summed E-state index contributed by atoms with van der Waals surface area (Å²) in [6.07, 6.45) is 9.28. The Morgan fingerprint density at radius 2 is 1.37 bits per heavy atom. The van der Waals surface area contributed by atoms with E-state index in [1.54, 1.807) is 0 Å². The molecule has 0 saturated carbocycles. The molecule has 1 atom stereocenters. The maximum Gasteiger partial charge on any atom is 0.238 e. The second kappa shape index (κ2) is 10.9. The zero-order chi connectivity index (χ0) is 33.5. The molecule has 0 aliphatic heterocycles. The highest BCUT2D eigenvalue weighted by atomic mass is 16.3. The van der Waals surface area contributed by atoms with Gasteiger partial charge < -0.3 is 8.83 Å². The summed E-state index contributed by atoms with van der Waals surface area (Å²) >= 11 is 0. The molecule has 6 nitrogen and oxygen atoms in total. The van der Waals surface area contributed by atoms with Crippen LogP contribution in [0.15, 0.2) is 161 Å². The fourth-order valence-corrected chi connectivity index (χ4v) is 7.81. The number of fused-ring (bicyclic) bond motifs is 10. The summed E-state index contributed by atoms with van der Waals surface area (Å²) in [5.41, 5.74) is 8.39. The van der Waals surface area contributed by atoms with Crippen molar-refractivity contribution in [2.45, 2.75) is 12.3 Å². The van der Waals surface area contributed by atoms with Gasteiger partial charge in [-0.05, 0) is 53.9 Å². The van der Waals surface area contributed by atoms with E-state index < -0.39 is 0 Å². The number of aromatic nitrogens is 4. The van der Waals surface area contributed by atoms with E-state index in [2.05, 4.69) is 132 Å². The van der Waals surface area contributed by atoms with Crippen LogP contribution in [-0.4, -0.2) is 19.5 Å². The van der Waals surface area contributed by atoms with Crippen molar-refractivity contribution in [2.24, 2.45) is 0 Å². The van der Waals surface area contributed by atoms with Gasteiger partial charge in [-0.15, -0.1) is 0 Å². The molecule has 0 radical (unpaired) electrons. The Morgan fingerprint density at radius 1 is 0.569 bits per heavy atom. The average Bonchev–Trinajstić information content (AvgIpc) is 3.88. The van der Waals surface area contributed by atoms with Gasteiger partial charge in [0, 0.05) is 43.8 Å². The van der Waals surface area contributed by atoms with Gasteiger partial charge in [-0.2, -0.15) is 9.97 Å². The van der Waals surface area contributed by atoms with E-state index in [0.717, 1.165) is 94.6 Å². The third-order valence-corrected chi connectivity index (χ3v) is 10.2. The smallest absolute Gasteiger partial charge is 0.238 e. The minimum absolute atomic E-state index is 0.0122. The highest BCUT2D eigenvalue weighted by molar-refractivity contribution is 6.21. The molecule has 4 aromatic heterocycles. The van der Waals surface area contributed by atoms with Gasteiger partial charge in [0.1, 0.15) is 28.1 Å². The first kappa shape index (κ1) is 28.1. The molecule has 4 heterocycles. The normalized spacial score (nSPS) is 14.6. The van der Waals surface area contributed by atoms with Crippen LogP contribution in [0.25, 0.3) is 94.1 Å². The summed E-state index contributed by atoms with van der Waals surface area (Å²) in [5, 5.41) is 6.48. The van der Waals surface area contributed by atoms with Crippen LogP contribution in [0.1, 0.15) is 18.2 Å². The van der Waals surface area contributed by atoms with Crippen molar-refractivity contribution in [1.29, 1.82) is 0 Å². The minimum atomic E-state index is 0.0122. The van der Waals surface area contributed by atoms with E-state index in [4.69, 9.17) is 23.8 Å². The predicted molar refractivity (Wildman–Crippen MR) is 205 cm³/mol. The van der Waals surface area contributed by atoms with Crippen molar-refractivity contribution >= 4 is 65.7 Å². The molecular formula is C45H28N4O2. The maximum absolute atomic E-state index is 6.61. The highest BCUT2D eigenvalue weighted by Gasteiger charge is 2.24. The summed E-state index contributed by atoms with van der Waals surface area (Å²) in [7, 11) is 0. The monoisotopic (exact) mass is 656 g/mol. The van der Waals surface area contributed by atoms with Crippen LogP contribution in [0.4, 0.5) is 0 Å². The van der Waals surface area contributed by atoms with E-state index in [1.165, 1.54) is 0 Å². The average molecular weight is 657 g/mol. The SMILES string of the molecule is C1=CCC(c2nc(-c3ccc4c(c3)oc3cccc(-c5ccccc5)c34)nc(-n3c4ccccc4c4ccc5c6ccccc6oc5c43)n2)C=C1.